The van der Waals surface area contributed by atoms with Crippen molar-refractivity contribution in [2.24, 2.45) is 5.84 Å². The van der Waals surface area contributed by atoms with E-state index in [-0.39, 0.29) is 0 Å². The van der Waals surface area contributed by atoms with Crippen LogP contribution in [0.25, 0.3) is 10.9 Å². The summed E-state index contributed by atoms with van der Waals surface area (Å²) in [6, 6.07) is 7.59. The molecule has 0 aliphatic carbocycles. The molecule has 0 saturated heterocycles. The number of pyridine rings is 1. The Morgan fingerprint density at radius 3 is 2.74 bits per heavy atom. The van der Waals surface area contributed by atoms with Gasteiger partial charge in [0.2, 0.25) is 0 Å². The summed E-state index contributed by atoms with van der Waals surface area (Å²) in [5.74, 6) is 6.49. The van der Waals surface area contributed by atoms with Crippen molar-refractivity contribution in [2.45, 2.75) is 52.2 Å². The van der Waals surface area contributed by atoms with E-state index >= 15 is 0 Å². The highest BCUT2D eigenvalue weighted by molar-refractivity contribution is 6.31. The van der Waals surface area contributed by atoms with E-state index in [9.17, 15) is 0 Å². The predicted octanol–water partition coefficient (Wildman–Crippen LogP) is 4.90. The number of aromatic nitrogens is 1. The third-order valence-corrected chi connectivity index (χ3v) is 4.39. The van der Waals surface area contributed by atoms with Crippen LogP contribution < -0.4 is 10.9 Å². The number of hydrogen-bond donors (Lipinski definition) is 1. The molecule has 2 aromatic rings. The smallest absolute Gasteiger partial charge is 0.151 e. The van der Waals surface area contributed by atoms with Crippen molar-refractivity contribution in [3.8, 4) is 0 Å². The first-order valence-corrected chi connectivity index (χ1v) is 8.62. The van der Waals surface area contributed by atoms with Gasteiger partial charge in [-0.05, 0) is 51.0 Å². The highest BCUT2D eigenvalue weighted by Gasteiger charge is 2.31. The molecule has 2 N–H and O–H groups in total. The van der Waals surface area contributed by atoms with Crippen LogP contribution in [0.1, 0.15) is 46.5 Å². The minimum Gasteiger partial charge on any atom is -0.355 e. The fourth-order valence-electron chi connectivity index (χ4n) is 2.85. The molecule has 0 amide bonds. The quantitative estimate of drug-likeness (QED) is 0.322. The van der Waals surface area contributed by atoms with E-state index in [0.717, 1.165) is 29.4 Å². The zero-order valence-electron chi connectivity index (χ0n) is 14.2. The second kappa shape index (κ2) is 7.95. The lowest BCUT2D eigenvalue weighted by Gasteiger charge is -2.39. The van der Waals surface area contributed by atoms with Crippen LogP contribution in [0.5, 0.6) is 0 Å². The van der Waals surface area contributed by atoms with Crippen LogP contribution >= 0.6 is 11.6 Å². The van der Waals surface area contributed by atoms with Gasteiger partial charge < -0.3 is 4.74 Å². The van der Waals surface area contributed by atoms with Gasteiger partial charge in [-0.2, -0.15) is 0 Å². The summed E-state index contributed by atoms with van der Waals surface area (Å²) >= 11 is 6.07. The molecule has 0 bridgehead atoms. The van der Waals surface area contributed by atoms with Crippen LogP contribution in [0.3, 0.4) is 0 Å². The Labute approximate surface area is 143 Å². The summed E-state index contributed by atoms with van der Waals surface area (Å²) < 4.78 is 6.02. The minimum atomic E-state index is -0.544. The molecule has 0 aliphatic rings. The first kappa shape index (κ1) is 18.0. The van der Waals surface area contributed by atoms with Crippen molar-refractivity contribution < 1.29 is 4.74 Å². The number of nitrogens with zero attached hydrogens (tertiary/aromatic N) is 2. The van der Waals surface area contributed by atoms with E-state index in [1.54, 1.807) is 11.2 Å². The highest BCUT2D eigenvalue weighted by atomic mass is 35.5. The van der Waals surface area contributed by atoms with E-state index < -0.39 is 5.72 Å². The summed E-state index contributed by atoms with van der Waals surface area (Å²) in [6.45, 7) is 6.86. The number of unbranched alkanes of at least 4 members (excludes halogenated alkanes) is 2. The molecule has 0 aliphatic heterocycles. The van der Waals surface area contributed by atoms with Crippen LogP contribution in [-0.4, -0.2) is 17.3 Å². The number of nitrogens with two attached hydrogens (primary N) is 1. The Bertz CT molecular complexity index is 649. The Balaban J connectivity index is 2.37. The molecular weight excluding hydrogens is 310 g/mol. The molecule has 0 saturated carbocycles. The lowest BCUT2D eigenvalue weighted by Crippen LogP contribution is -2.53. The number of anilines is 1. The van der Waals surface area contributed by atoms with Gasteiger partial charge in [0.15, 0.2) is 5.72 Å². The standard InChI is InChI=1S/C18H26ClN3O/c1-4-6-7-11-18(3,23-5-2)22(20)17-10-12-21-16-13-14(19)8-9-15(16)17/h8-10,12-13H,4-7,11,20H2,1-3H3. The van der Waals surface area contributed by atoms with Gasteiger partial charge in [-0.1, -0.05) is 31.4 Å². The molecule has 5 heteroatoms. The maximum absolute atomic E-state index is 6.49. The number of fused-ring (bicyclic) bond motifs is 1. The van der Waals surface area contributed by atoms with E-state index in [4.69, 9.17) is 22.2 Å². The fraction of sp³-hybridized carbons (Fsp3) is 0.500. The zero-order chi connectivity index (χ0) is 16.9. The second-order valence-electron chi connectivity index (χ2n) is 5.93. The normalized spacial score (nSPS) is 14.0. The van der Waals surface area contributed by atoms with Gasteiger partial charge in [0.1, 0.15) is 0 Å². The topological polar surface area (TPSA) is 51.4 Å². The van der Waals surface area contributed by atoms with E-state index in [2.05, 4.69) is 11.9 Å². The molecule has 0 radical (unpaired) electrons. The number of ether oxygens (including phenoxy) is 1. The largest absolute Gasteiger partial charge is 0.355 e. The highest BCUT2D eigenvalue weighted by Crippen LogP contribution is 2.32. The molecule has 1 unspecified atom stereocenters. The number of rotatable bonds is 8. The average molecular weight is 336 g/mol. The molecule has 1 aromatic carbocycles. The van der Waals surface area contributed by atoms with Crippen molar-refractivity contribution >= 4 is 28.2 Å². The van der Waals surface area contributed by atoms with Gasteiger partial charge in [-0.25, -0.2) is 5.84 Å². The molecule has 1 heterocycles. The summed E-state index contributed by atoms with van der Waals surface area (Å²) in [6.07, 6.45) is 6.05. The van der Waals surface area contributed by atoms with Gasteiger partial charge in [-0.15, -0.1) is 0 Å². The lowest BCUT2D eigenvalue weighted by atomic mass is 10.0. The zero-order valence-corrected chi connectivity index (χ0v) is 14.9. The third-order valence-electron chi connectivity index (χ3n) is 4.15. The number of hydrazine groups is 1. The number of benzene rings is 1. The summed E-state index contributed by atoms with van der Waals surface area (Å²) in [5.41, 5.74) is 1.19. The molecule has 4 nitrogen and oxygen atoms in total. The van der Waals surface area contributed by atoms with Gasteiger partial charge in [0.05, 0.1) is 11.2 Å². The van der Waals surface area contributed by atoms with Crippen LogP contribution in [0.2, 0.25) is 5.02 Å². The summed E-state index contributed by atoms with van der Waals surface area (Å²) in [7, 11) is 0. The Kier molecular flexibility index (Phi) is 6.22. The molecule has 0 spiro atoms. The van der Waals surface area contributed by atoms with Gasteiger partial charge >= 0.3 is 0 Å². The van der Waals surface area contributed by atoms with Crippen LogP contribution in [0, 0.1) is 0 Å². The molecular formula is C18H26ClN3O. The molecule has 0 fully saturated rings. The van der Waals surface area contributed by atoms with E-state index in [1.165, 1.54) is 12.8 Å². The Morgan fingerprint density at radius 1 is 1.26 bits per heavy atom. The van der Waals surface area contributed by atoms with Crippen molar-refractivity contribution in [1.82, 2.24) is 4.98 Å². The molecule has 23 heavy (non-hydrogen) atoms. The van der Waals surface area contributed by atoms with Crippen LogP contribution in [0.4, 0.5) is 5.69 Å². The van der Waals surface area contributed by atoms with Crippen molar-refractivity contribution in [2.75, 3.05) is 11.6 Å². The molecule has 2 rings (SSSR count). The Hall–Kier alpha value is -1.36. The monoisotopic (exact) mass is 335 g/mol. The first-order chi connectivity index (χ1) is 11.0. The van der Waals surface area contributed by atoms with E-state index in [1.807, 2.05) is 38.1 Å². The molecule has 1 aromatic heterocycles. The van der Waals surface area contributed by atoms with Crippen molar-refractivity contribution in [3.05, 3.63) is 35.5 Å². The fourth-order valence-corrected chi connectivity index (χ4v) is 3.01. The molecule has 126 valence electrons. The van der Waals surface area contributed by atoms with Crippen molar-refractivity contribution in [1.29, 1.82) is 0 Å². The second-order valence-corrected chi connectivity index (χ2v) is 6.36. The number of halogens is 1. The first-order valence-electron chi connectivity index (χ1n) is 8.25. The lowest BCUT2D eigenvalue weighted by molar-refractivity contribution is -0.0349. The Morgan fingerprint density at radius 2 is 2.04 bits per heavy atom. The predicted molar refractivity (Wildman–Crippen MR) is 97.6 cm³/mol. The maximum Gasteiger partial charge on any atom is 0.151 e. The third kappa shape index (κ3) is 4.14. The molecule has 1 atom stereocenters. The van der Waals surface area contributed by atoms with Gasteiger partial charge in [-0.3, -0.25) is 9.99 Å². The van der Waals surface area contributed by atoms with E-state index in [0.29, 0.717) is 11.6 Å². The summed E-state index contributed by atoms with van der Waals surface area (Å²) in [5, 5.41) is 3.38. The van der Waals surface area contributed by atoms with Gasteiger partial charge in [0.25, 0.3) is 0 Å². The van der Waals surface area contributed by atoms with Gasteiger partial charge in [0, 0.05) is 23.2 Å². The SMILES string of the molecule is CCCCCC(C)(OCC)N(N)c1ccnc2cc(Cl)ccc12. The minimum absolute atomic E-state index is 0.544. The van der Waals surface area contributed by atoms with Crippen LogP contribution in [0.15, 0.2) is 30.5 Å². The average Bonchev–Trinajstić information content (AvgIpc) is 2.53. The summed E-state index contributed by atoms with van der Waals surface area (Å²) in [4.78, 5) is 4.38. The van der Waals surface area contributed by atoms with Crippen molar-refractivity contribution in [3.63, 3.8) is 0 Å². The maximum atomic E-state index is 6.49. The number of hydrogen-bond acceptors (Lipinski definition) is 4. The van der Waals surface area contributed by atoms with Crippen LogP contribution in [-0.2, 0) is 4.74 Å².